The summed E-state index contributed by atoms with van der Waals surface area (Å²) in [6.45, 7) is 3.02. The van der Waals surface area contributed by atoms with E-state index in [4.69, 9.17) is 4.74 Å². The first-order valence-electron chi connectivity index (χ1n) is 9.48. The van der Waals surface area contributed by atoms with Crippen molar-refractivity contribution >= 4 is 5.91 Å². The Hall–Kier alpha value is -3.19. The van der Waals surface area contributed by atoms with Crippen LogP contribution in [0, 0.1) is 0 Å². The Labute approximate surface area is 163 Å². The van der Waals surface area contributed by atoms with Gasteiger partial charge in [0, 0.05) is 38.1 Å². The standard InChI is InChI=1S/C21H21N5O2/c27-21(24-16-7-10-25(12-16)11-15-5-8-22-9-6-15)20-18-13-28-19-4-2-1-3-17(19)26(18)14-23-20/h1-6,8-9,14,16H,7,10-13H2,(H,24,27)/t16-/m0/s1. The maximum Gasteiger partial charge on any atom is 0.272 e. The van der Waals surface area contributed by atoms with Crippen LogP contribution in [0.3, 0.4) is 0 Å². The number of benzene rings is 1. The van der Waals surface area contributed by atoms with Crippen LogP contribution in [0.1, 0.15) is 28.2 Å². The van der Waals surface area contributed by atoms with Crippen LogP contribution in [0.25, 0.3) is 5.69 Å². The molecule has 142 valence electrons. The van der Waals surface area contributed by atoms with Crippen molar-refractivity contribution in [3.8, 4) is 11.4 Å². The monoisotopic (exact) mass is 375 g/mol. The Morgan fingerprint density at radius 3 is 2.96 bits per heavy atom. The predicted molar refractivity (Wildman–Crippen MR) is 103 cm³/mol. The Balaban J connectivity index is 1.26. The molecule has 1 atom stereocenters. The molecule has 1 fully saturated rings. The Bertz CT molecular complexity index is 1000. The molecular formula is C21H21N5O2. The zero-order chi connectivity index (χ0) is 18.9. The molecule has 0 spiro atoms. The average molecular weight is 375 g/mol. The van der Waals surface area contributed by atoms with Crippen molar-refractivity contribution in [2.24, 2.45) is 0 Å². The summed E-state index contributed by atoms with van der Waals surface area (Å²) in [7, 11) is 0. The molecule has 5 rings (SSSR count). The first kappa shape index (κ1) is 16.9. The van der Waals surface area contributed by atoms with Crippen molar-refractivity contribution in [2.75, 3.05) is 13.1 Å². The van der Waals surface area contributed by atoms with Gasteiger partial charge in [-0.15, -0.1) is 0 Å². The van der Waals surface area contributed by atoms with Crippen LogP contribution in [0.2, 0.25) is 0 Å². The maximum absolute atomic E-state index is 12.8. The molecular weight excluding hydrogens is 354 g/mol. The van der Waals surface area contributed by atoms with E-state index >= 15 is 0 Å². The van der Waals surface area contributed by atoms with Crippen LogP contribution in [-0.2, 0) is 13.2 Å². The second kappa shape index (κ2) is 7.09. The molecule has 0 bridgehead atoms. The fraction of sp³-hybridized carbons (Fsp3) is 0.286. The molecule has 1 saturated heterocycles. The molecule has 28 heavy (non-hydrogen) atoms. The number of imidazole rings is 1. The van der Waals surface area contributed by atoms with Gasteiger partial charge >= 0.3 is 0 Å². The number of ether oxygens (including phenoxy) is 1. The van der Waals surface area contributed by atoms with Crippen LogP contribution in [0.5, 0.6) is 5.75 Å². The van der Waals surface area contributed by atoms with Crippen LogP contribution >= 0.6 is 0 Å². The van der Waals surface area contributed by atoms with Crippen LogP contribution in [-0.4, -0.2) is 44.5 Å². The third-order valence-electron chi connectivity index (χ3n) is 5.33. The van der Waals surface area contributed by atoms with Gasteiger partial charge in [-0.3, -0.25) is 19.2 Å². The molecule has 1 aromatic carbocycles. The van der Waals surface area contributed by atoms with Crippen molar-refractivity contribution in [1.29, 1.82) is 0 Å². The van der Waals surface area contributed by atoms with Gasteiger partial charge in [0.25, 0.3) is 5.91 Å². The van der Waals surface area contributed by atoms with E-state index in [1.807, 2.05) is 53.4 Å². The van der Waals surface area contributed by atoms with Crippen LogP contribution < -0.4 is 10.1 Å². The summed E-state index contributed by atoms with van der Waals surface area (Å²) < 4.78 is 7.74. The van der Waals surface area contributed by atoms with Crippen molar-refractivity contribution in [2.45, 2.75) is 25.6 Å². The molecule has 3 aromatic rings. The van der Waals surface area contributed by atoms with E-state index in [0.29, 0.717) is 12.3 Å². The zero-order valence-corrected chi connectivity index (χ0v) is 15.4. The second-order valence-electron chi connectivity index (χ2n) is 7.22. The summed E-state index contributed by atoms with van der Waals surface area (Å²) in [6, 6.07) is 12.0. The molecule has 2 aliphatic rings. The maximum atomic E-state index is 12.8. The number of aromatic nitrogens is 3. The normalized spacial score (nSPS) is 18.2. The summed E-state index contributed by atoms with van der Waals surface area (Å²) in [5.41, 5.74) is 3.39. The van der Waals surface area contributed by atoms with E-state index in [1.54, 1.807) is 6.33 Å². The van der Waals surface area contributed by atoms with E-state index in [-0.39, 0.29) is 11.9 Å². The van der Waals surface area contributed by atoms with Crippen LogP contribution in [0.4, 0.5) is 0 Å². The quantitative estimate of drug-likeness (QED) is 0.757. The molecule has 4 heterocycles. The molecule has 0 saturated carbocycles. The topological polar surface area (TPSA) is 72.3 Å². The molecule has 0 radical (unpaired) electrons. The highest BCUT2D eigenvalue weighted by Crippen LogP contribution is 2.30. The van der Waals surface area contributed by atoms with Gasteiger partial charge in [0.1, 0.15) is 18.7 Å². The first-order valence-corrected chi connectivity index (χ1v) is 9.48. The van der Waals surface area contributed by atoms with Crippen molar-refractivity contribution in [3.05, 3.63) is 72.1 Å². The molecule has 0 aliphatic carbocycles. The number of carbonyl (C=O) groups excluding carboxylic acids is 1. The number of fused-ring (bicyclic) bond motifs is 3. The molecule has 1 N–H and O–H groups in total. The van der Waals surface area contributed by atoms with Crippen molar-refractivity contribution in [3.63, 3.8) is 0 Å². The SMILES string of the molecule is O=C(N[C@H]1CCN(Cc2ccncc2)C1)c1ncn2c1COc1ccccc1-2. The number of nitrogens with one attached hydrogen (secondary N) is 1. The number of amides is 1. The highest BCUT2D eigenvalue weighted by molar-refractivity contribution is 5.94. The third kappa shape index (κ3) is 3.14. The van der Waals surface area contributed by atoms with Gasteiger partial charge in [-0.05, 0) is 36.2 Å². The first-order chi connectivity index (χ1) is 13.8. The number of hydrogen-bond acceptors (Lipinski definition) is 5. The van der Waals surface area contributed by atoms with Gasteiger partial charge in [0.2, 0.25) is 0 Å². The number of pyridine rings is 1. The second-order valence-corrected chi connectivity index (χ2v) is 7.22. The van der Waals surface area contributed by atoms with Gasteiger partial charge in [-0.2, -0.15) is 0 Å². The third-order valence-corrected chi connectivity index (χ3v) is 5.33. The molecule has 2 aromatic heterocycles. The van der Waals surface area contributed by atoms with Gasteiger partial charge < -0.3 is 10.1 Å². The highest BCUT2D eigenvalue weighted by atomic mass is 16.5. The minimum atomic E-state index is -0.132. The minimum Gasteiger partial charge on any atom is -0.485 e. The fourth-order valence-corrected chi connectivity index (χ4v) is 3.93. The van der Waals surface area contributed by atoms with E-state index in [0.717, 1.165) is 43.2 Å². The average Bonchev–Trinajstić information content (AvgIpc) is 3.35. The lowest BCUT2D eigenvalue weighted by molar-refractivity contribution is 0.0930. The number of likely N-dealkylation sites (tertiary alicyclic amines) is 1. The molecule has 7 nitrogen and oxygen atoms in total. The van der Waals surface area contributed by atoms with Gasteiger partial charge in [-0.25, -0.2) is 4.98 Å². The number of rotatable bonds is 4. The summed E-state index contributed by atoms with van der Waals surface area (Å²) in [5.74, 6) is 0.675. The lowest BCUT2D eigenvalue weighted by atomic mass is 10.2. The van der Waals surface area contributed by atoms with E-state index in [2.05, 4.69) is 20.2 Å². The Morgan fingerprint density at radius 1 is 1.21 bits per heavy atom. The number of hydrogen-bond donors (Lipinski definition) is 1. The predicted octanol–water partition coefficient (Wildman–Crippen LogP) is 2.16. The summed E-state index contributed by atoms with van der Waals surface area (Å²) in [4.78, 5) is 23.6. The lowest BCUT2D eigenvalue weighted by Crippen LogP contribution is -2.37. The Kier molecular flexibility index (Phi) is 4.29. The summed E-state index contributed by atoms with van der Waals surface area (Å²) >= 11 is 0. The van der Waals surface area contributed by atoms with Gasteiger partial charge in [0.15, 0.2) is 5.69 Å². The summed E-state index contributed by atoms with van der Waals surface area (Å²) in [5, 5.41) is 3.15. The number of para-hydroxylation sites is 2. The smallest absolute Gasteiger partial charge is 0.272 e. The van der Waals surface area contributed by atoms with E-state index < -0.39 is 0 Å². The summed E-state index contributed by atoms with van der Waals surface area (Å²) in [6.07, 6.45) is 6.27. The fourth-order valence-electron chi connectivity index (χ4n) is 3.93. The number of nitrogens with zero attached hydrogens (tertiary/aromatic N) is 4. The molecule has 2 aliphatic heterocycles. The Morgan fingerprint density at radius 2 is 2.07 bits per heavy atom. The zero-order valence-electron chi connectivity index (χ0n) is 15.4. The van der Waals surface area contributed by atoms with Gasteiger partial charge in [-0.1, -0.05) is 12.1 Å². The van der Waals surface area contributed by atoms with E-state index in [9.17, 15) is 4.79 Å². The highest BCUT2D eigenvalue weighted by Gasteiger charge is 2.28. The van der Waals surface area contributed by atoms with Gasteiger partial charge in [0.05, 0.1) is 11.4 Å². The lowest BCUT2D eigenvalue weighted by Gasteiger charge is -2.20. The molecule has 1 amide bonds. The molecule has 7 heteroatoms. The van der Waals surface area contributed by atoms with Crippen molar-refractivity contribution in [1.82, 2.24) is 24.8 Å². The number of carbonyl (C=O) groups is 1. The minimum absolute atomic E-state index is 0.128. The largest absolute Gasteiger partial charge is 0.485 e. The van der Waals surface area contributed by atoms with Crippen LogP contribution in [0.15, 0.2) is 55.1 Å². The molecule has 0 unspecified atom stereocenters. The van der Waals surface area contributed by atoms with Crippen molar-refractivity contribution < 1.29 is 9.53 Å². The van der Waals surface area contributed by atoms with E-state index in [1.165, 1.54) is 5.56 Å².